The van der Waals surface area contributed by atoms with Crippen LogP contribution in [0.25, 0.3) is 0 Å². The number of hydrogen-bond acceptors (Lipinski definition) is 4. The van der Waals surface area contributed by atoms with Gasteiger partial charge in [-0.1, -0.05) is 43.2 Å². The van der Waals surface area contributed by atoms with Crippen LogP contribution < -0.4 is 5.32 Å². The van der Waals surface area contributed by atoms with Crippen LogP contribution in [0, 0.1) is 0 Å². The van der Waals surface area contributed by atoms with E-state index in [9.17, 15) is 14.7 Å². The molecule has 1 aromatic carbocycles. The van der Waals surface area contributed by atoms with E-state index in [0.29, 0.717) is 19.4 Å². The van der Waals surface area contributed by atoms with Crippen molar-refractivity contribution in [1.29, 1.82) is 0 Å². The largest absolute Gasteiger partial charge is 0.462 e. The molecule has 0 spiro atoms. The van der Waals surface area contributed by atoms with Crippen molar-refractivity contribution in [2.45, 2.75) is 63.6 Å². The topological polar surface area (TPSA) is 75.6 Å². The third-order valence-electron chi connectivity index (χ3n) is 4.19. The first kappa shape index (κ1) is 18.5. The number of esters is 1. The molecule has 2 atom stereocenters. The van der Waals surface area contributed by atoms with Crippen LogP contribution in [0.15, 0.2) is 30.3 Å². The zero-order chi connectivity index (χ0) is 17.2. The Balaban J connectivity index is 2.00. The first-order valence-corrected chi connectivity index (χ1v) is 8.81. The third-order valence-corrected chi connectivity index (χ3v) is 4.19. The average molecular weight is 333 g/mol. The Morgan fingerprint density at radius 1 is 1.08 bits per heavy atom. The fourth-order valence-corrected chi connectivity index (χ4v) is 2.94. The number of cyclic esters (lactones) is 1. The summed E-state index contributed by atoms with van der Waals surface area (Å²) in [7, 11) is 0. The van der Waals surface area contributed by atoms with Crippen molar-refractivity contribution in [3.05, 3.63) is 35.9 Å². The number of rotatable bonds is 2. The summed E-state index contributed by atoms with van der Waals surface area (Å²) < 4.78 is 5.57. The summed E-state index contributed by atoms with van der Waals surface area (Å²) in [6.45, 7) is 0.628. The lowest BCUT2D eigenvalue weighted by Crippen LogP contribution is -2.32. The molecule has 0 unspecified atom stereocenters. The number of carbonyl (C=O) groups excluding carboxylic acids is 2. The first-order chi connectivity index (χ1) is 11.6. The van der Waals surface area contributed by atoms with Gasteiger partial charge in [0.25, 0.3) is 0 Å². The van der Waals surface area contributed by atoms with Crippen LogP contribution in [0.5, 0.6) is 0 Å². The highest BCUT2D eigenvalue weighted by Crippen LogP contribution is 2.15. The van der Waals surface area contributed by atoms with Gasteiger partial charge in [-0.25, -0.2) is 0 Å². The van der Waals surface area contributed by atoms with Gasteiger partial charge in [0.05, 0.1) is 12.5 Å². The summed E-state index contributed by atoms with van der Waals surface area (Å²) in [6.07, 6.45) is 3.68. The molecule has 1 heterocycles. The highest BCUT2D eigenvalue weighted by atomic mass is 16.5. The van der Waals surface area contributed by atoms with E-state index in [0.717, 1.165) is 31.2 Å². The molecule has 0 saturated carbocycles. The fraction of sp³-hybridized carbons (Fsp3) is 0.579. The van der Waals surface area contributed by atoms with Gasteiger partial charge < -0.3 is 15.2 Å². The van der Waals surface area contributed by atoms with E-state index in [4.69, 9.17) is 4.74 Å². The maximum atomic E-state index is 12.0. The van der Waals surface area contributed by atoms with Crippen molar-refractivity contribution in [1.82, 2.24) is 5.32 Å². The van der Waals surface area contributed by atoms with E-state index >= 15 is 0 Å². The van der Waals surface area contributed by atoms with E-state index in [2.05, 4.69) is 5.32 Å². The molecule has 2 rings (SSSR count). The predicted molar refractivity (Wildman–Crippen MR) is 91.4 cm³/mol. The van der Waals surface area contributed by atoms with Crippen molar-refractivity contribution in [3.8, 4) is 0 Å². The number of aliphatic hydroxyl groups excluding tert-OH is 1. The monoisotopic (exact) mass is 333 g/mol. The van der Waals surface area contributed by atoms with E-state index in [1.165, 1.54) is 0 Å². The Hall–Kier alpha value is -1.88. The van der Waals surface area contributed by atoms with E-state index in [1.54, 1.807) is 0 Å². The minimum Gasteiger partial charge on any atom is -0.462 e. The molecule has 0 aromatic heterocycles. The van der Waals surface area contributed by atoms with Crippen molar-refractivity contribution in [3.63, 3.8) is 0 Å². The molecular formula is C19H27NO4. The second-order valence-electron chi connectivity index (χ2n) is 6.41. The van der Waals surface area contributed by atoms with Gasteiger partial charge in [-0.2, -0.15) is 0 Å². The van der Waals surface area contributed by atoms with Crippen LogP contribution in [0.2, 0.25) is 0 Å². The Morgan fingerprint density at radius 2 is 1.83 bits per heavy atom. The van der Waals surface area contributed by atoms with E-state index in [-0.39, 0.29) is 24.7 Å². The average Bonchev–Trinajstić information content (AvgIpc) is 2.54. The fourth-order valence-electron chi connectivity index (χ4n) is 2.94. The summed E-state index contributed by atoms with van der Waals surface area (Å²) in [5, 5.41) is 13.0. The SMILES string of the molecule is O=C1C[C@H](O)C[C@@H](Cc2ccccc2)OC(=O)CCCCCCN1. The number of hydrogen-bond donors (Lipinski definition) is 2. The van der Waals surface area contributed by atoms with E-state index in [1.807, 2.05) is 30.3 Å². The Morgan fingerprint density at radius 3 is 2.62 bits per heavy atom. The summed E-state index contributed by atoms with van der Waals surface area (Å²) in [4.78, 5) is 23.9. The van der Waals surface area contributed by atoms with Crippen molar-refractivity contribution >= 4 is 11.9 Å². The predicted octanol–water partition coefficient (Wildman–Crippen LogP) is 2.36. The molecule has 0 bridgehead atoms. The van der Waals surface area contributed by atoms with Gasteiger partial charge in [0.15, 0.2) is 0 Å². The highest BCUT2D eigenvalue weighted by Gasteiger charge is 2.21. The molecule has 2 N–H and O–H groups in total. The summed E-state index contributed by atoms with van der Waals surface area (Å²) in [6, 6.07) is 9.74. The molecule has 1 fully saturated rings. The van der Waals surface area contributed by atoms with Gasteiger partial charge >= 0.3 is 5.97 Å². The smallest absolute Gasteiger partial charge is 0.306 e. The van der Waals surface area contributed by atoms with Crippen molar-refractivity contribution in [2.24, 2.45) is 0 Å². The van der Waals surface area contributed by atoms with Crippen LogP contribution in [0.1, 0.15) is 50.5 Å². The number of aliphatic hydroxyl groups is 1. The second-order valence-corrected chi connectivity index (χ2v) is 6.41. The second kappa shape index (κ2) is 10.1. The van der Waals surface area contributed by atoms with Crippen LogP contribution in [-0.4, -0.2) is 35.7 Å². The minimum atomic E-state index is -0.811. The maximum absolute atomic E-state index is 12.0. The Bertz CT molecular complexity index is 517. The maximum Gasteiger partial charge on any atom is 0.306 e. The lowest BCUT2D eigenvalue weighted by atomic mass is 10.0. The summed E-state index contributed by atoms with van der Waals surface area (Å²) in [5.74, 6) is -0.367. The van der Waals surface area contributed by atoms with Gasteiger partial charge in [0.2, 0.25) is 5.91 Å². The van der Waals surface area contributed by atoms with E-state index < -0.39 is 12.2 Å². The lowest BCUT2D eigenvalue weighted by Gasteiger charge is -2.21. The molecule has 5 nitrogen and oxygen atoms in total. The highest BCUT2D eigenvalue weighted by molar-refractivity contribution is 5.76. The van der Waals surface area contributed by atoms with Gasteiger partial charge in [-0.3, -0.25) is 9.59 Å². The third kappa shape index (κ3) is 7.13. The molecule has 1 saturated heterocycles. The van der Waals surface area contributed by atoms with Gasteiger partial charge in [-0.05, 0) is 18.4 Å². The first-order valence-electron chi connectivity index (χ1n) is 8.81. The molecule has 1 aliphatic heterocycles. The molecule has 1 aromatic rings. The molecular weight excluding hydrogens is 306 g/mol. The molecule has 0 aliphatic carbocycles. The van der Waals surface area contributed by atoms with Crippen LogP contribution >= 0.6 is 0 Å². The molecule has 0 radical (unpaired) electrons. The van der Waals surface area contributed by atoms with Gasteiger partial charge in [-0.15, -0.1) is 0 Å². The van der Waals surface area contributed by atoms with Crippen LogP contribution in [0.3, 0.4) is 0 Å². The number of carbonyl (C=O) groups is 2. The molecule has 1 aliphatic rings. The molecule has 24 heavy (non-hydrogen) atoms. The lowest BCUT2D eigenvalue weighted by molar-refractivity contribution is -0.150. The zero-order valence-corrected chi connectivity index (χ0v) is 14.1. The molecule has 132 valence electrons. The molecule has 1 amide bonds. The summed E-state index contributed by atoms with van der Waals surface area (Å²) in [5.41, 5.74) is 1.05. The number of nitrogens with one attached hydrogen (secondary N) is 1. The zero-order valence-electron chi connectivity index (χ0n) is 14.1. The van der Waals surface area contributed by atoms with Crippen molar-refractivity contribution < 1.29 is 19.4 Å². The van der Waals surface area contributed by atoms with Crippen LogP contribution in [0.4, 0.5) is 0 Å². The minimum absolute atomic E-state index is 0.0445. The number of benzene rings is 1. The van der Waals surface area contributed by atoms with Gasteiger partial charge in [0, 0.05) is 25.8 Å². The Kier molecular flexibility index (Phi) is 7.75. The summed E-state index contributed by atoms with van der Waals surface area (Å²) >= 11 is 0. The standard InChI is InChI=1S/C19H27NO4/c21-16-13-17(12-15-8-4-3-5-9-15)24-19(23)10-6-1-2-7-11-20-18(22)14-16/h3-5,8-9,16-17,21H,1-2,6-7,10-14H2,(H,20,22)/t16-,17-/m1/s1. The normalized spacial score (nSPS) is 24.5. The number of ether oxygens (including phenoxy) is 1. The molecule has 5 heteroatoms. The Labute approximate surface area is 143 Å². The van der Waals surface area contributed by atoms with Gasteiger partial charge in [0.1, 0.15) is 6.10 Å². The number of amides is 1. The van der Waals surface area contributed by atoms with Crippen molar-refractivity contribution in [2.75, 3.05) is 6.54 Å². The quantitative estimate of drug-likeness (QED) is 0.815. The van der Waals surface area contributed by atoms with Crippen LogP contribution in [-0.2, 0) is 20.7 Å².